The lowest BCUT2D eigenvalue weighted by Gasteiger charge is -2.26. The van der Waals surface area contributed by atoms with E-state index in [0.29, 0.717) is 12.8 Å². The van der Waals surface area contributed by atoms with Crippen molar-refractivity contribution in [3.63, 3.8) is 0 Å². The van der Waals surface area contributed by atoms with Crippen LogP contribution in [0.1, 0.15) is 35.4 Å². The third-order valence-corrected chi connectivity index (χ3v) is 7.05. The molecule has 36 heavy (non-hydrogen) atoms. The molecular formula is C29H28N2O5. The highest BCUT2D eigenvalue weighted by Gasteiger charge is 2.52. The molecule has 0 aromatic heterocycles. The van der Waals surface area contributed by atoms with Crippen molar-refractivity contribution in [3.05, 3.63) is 95.6 Å². The number of hydrogen-bond acceptors (Lipinski definition) is 4. The van der Waals surface area contributed by atoms with Crippen molar-refractivity contribution in [2.24, 2.45) is 5.41 Å². The van der Waals surface area contributed by atoms with Gasteiger partial charge in [-0.05, 0) is 40.7 Å². The first kappa shape index (κ1) is 23.6. The summed E-state index contributed by atoms with van der Waals surface area (Å²) < 4.78 is 5.59. The second-order valence-electron chi connectivity index (χ2n) is 9.50. The van der Waals surface area contributed by atoms with Gasteiger partial charge in [-0.15, -0.1) is 0 Å². The maximum atomic E-state index is 13.3. The Morgan fingerprint density at radius 1 is 0.889 bits per heavy atom. The second-order valence-corrected chi connectivity index (χ2v) is 9.50. The number of hydrogen-bond donors (Lipinski definition) is 2. The number of benzene rings is 3. The Balaban J connectivity index is 1.20. The molecule has 0 aliphatic heterocycles. The number of nitrogens with one attached hydrogen (secondary N) is 1. The van der Waals surface area contributed by atoms with E-state index in [-0.39, 0.29) is 38.1 Å². The summed E-state index contributed by atoms with van der Waals surface area (Å²) >= 11 is 0. The van der Waals surface area contributed by atoms with Crippen molar-refractivity contribution in [1.82, 2.24) is 10.2 Å². The smallest absolute Gasteiger partial charge is 0.407 e. The Morgan fingerprint density at radius 2 is 1.47 bits per heavy atom. The first-order valence-electron chi connectivity index (χ1n) is 12.1. The minimum atomic E-state index is -1.07. The van der Waals surface area contributed by atoms with Crippen molar-refractivity contribution in [1.29, 1.82) is 0 Å². The predicted molar refractivity (Wildman–Crippen MR) is 134 cm³/mol. The largest absolute Gasteiger partial charge is 0.480 e. The molecule has 2 aliphatic rings. The SMILES string of the molecule is O=C(O)CN(Cc1ccccc1)C(=O)C1(CNC(=O)OCC2c3ccccc3-c3ccccc32)CC1. The van der Waals surface area contributed by atoms with Crippen LogP contribution in [0.15, 0.2) is 78.9 Å². The summed E-state index contributed by atoms with van der Waals surface area (Å²) in [6.07, 6.45) is 0.615. The molecule has 3 aromatic carbocycles. The Hall–Kier alpha value is -4.13. The molecule has 2 amide bonds. The molecular weight excluding hydrogens is 456 g/mol. The van der Waals surface area contributed by atoms with Crippen LogP contribution in [0, 0.1) is 5.41 Å². The topological polar surface area (TPSA) is 95.9 Å². The molecule has 1 saturated carbocycles. The number of amides is 2. The van der Waals surface area contributed by atoms with Crippen molar-refractivity contribution in [3.8, 4) is 11.1 Å². The molecule has 7 nitrogen and oxygen atoms in total. The summed E-state index contributed by atoms with van der Waals surface area (Å²) in [6, 6.07) is 25.5. The average molecular weight is 485 g/mol. The van der Waals surface area contributed by atoms with Gasteiger partial charge in [0.25, 0.3) is 0 Å². The molecule has 0 radical (unpaired) electrons. The Bertz CT molecular complexity index is 1240. The van der Waals surface area contributed by atoms with E-state index in [4.69, 9.17) is 4.74 Å². The van der Waals surface area contributed by atoms with E-state index in [1.165, 1.54) is 4.90 Å². The summed E-state index contributed by atoms with van der Waals surface area (Å²) in [5.41, 5.74) is 4.64. The monoisotopic (exact) mass is 484 g/mol. The fourth-order valence-corrected chi connectivity index (χ4v) is 5.01. The summed E-state index contributed by atoms with van der Waals surface area (Å²) in [4.78, 5) is 38.7. The fourth-order valence-electron chi connectivity index (χ4n) is 5.01. The summed E-state index contributed by atoms with van der Waals surface area (Å²) in [7, 11) is 0. The van der Waals surface area contributed by atoms with Gasteiger partial charge in [0.1, 0.15) is 13.2 Å². The van der Waals surface area contributed by atoms with Crippen LogP contribution in [0.2, 0.25) is 0 Å². The number of carbonyl (C=O) groups excluding carboxylic acids is 2. The molecule has 0 heterocycles. The number of aliphatic carboxylic acids is 1. The van der Waals surface area contributed by atoms with Gasteiger partial charge in [-0.3, -0.25) is 9.59 Å². The molecule has 3 aromatic rings. The zero-order chi connectivity index (χ0) is 25.1. The minimum absolute atomic E-state index is 0.0448. The van der Waals surface area contributed by atoms with Crippen LogP contribution < -0.4 is 5.32 Å². The van der Waals surface area contributed by atoms with Crippen molar-refractivity contribution in [2.75, 3.05) is 19.7 Å². The van der Waals surface area contributed by atoms with Gasteiger partial charge in [-0.25, -0.2) is 4.79 Å². The van der Waals surface area contributed by atoms with Crippen LogP contribution in [0.25, 0.3) is 11.1 Å². The van der Waals surface area contributed by atoms with Gasteiger partial charge in [0, 0.05) is 19.0 Å². The van der Waals surface area contributed by atoms with Crippen molar-refractivity contribution < 1.29 is 24.2 Å². The number of fused-ring (bicyclic) bond motifs is 3. The third-order valence-electron chi connectivity index (χ3n) is 7.05. The lowest BCUT2D eigenvalue weighted by atomic mass is 9.98. The van der Waals surface area contributed by atoms with Gasteiger partial charge < -0.3 is 20.1 Å². The van der Waals surface area contributed by atoms with Crippen LogP contribution in [-0.2, 0) is 20.9 Å². The van der Waals surface area contributed by atoms with Gasteiger partial charge in [0.2, 0.25) is 5.91 Å². The lowest BCUT2D eigenvalue weighted by molar-refractivity contribution is -0.147. The van der Waals surface area contributed by atoms with Crippen molar-refractivity contribution >= 4 is 18.0 Å². The van der Waals surface area contributed by atoms with E-state index in [0.717, 1.165) is 27.8 Å². The number of ether oxygens (including phenoxy) is 1. The molecule has 5 rings (SSSR count). The molecule has 0 saturated heterocycles. The fraction of sp³-hybridized carbons (Fsp3) is 0.276. The summed E-state index contributed by atoms with van der Waals surface area (Å²) in [5, 5.41) is 12.1. The van der Waals surface area contributed by atoms with Crippen LogP contribution >= 0.6 is 0 Å². The van der Waals surface area contributed by atoms with Crippen LogP contribution in [0.5, 0.6) is 0 Å². The minimum Gasteiger partial charge on any atom is -0.480 e. The molecule has 184 valence electrons. The first-order valence-corrected chi connectivity index (χ1v) is 12.1. The third kappa shape index (κ3) is 4.82. The number of carbonyl (C=O) groups is 3. The second kappa shape index (κ2) is 9.85. The van der Waals surface area contributed by atoms with Gasteiger partial charge in [-0.1, -0.05) is 78.9 Å². The number of carboxylic acid groups (broad SMARTS) is 1. The molecule has 7 heteroatoms. The highest BCUT2D eigenvalue weighted by atomic mass is 16.5. The molecule has 2 N–H and O–H groups in total. The highest BCUT2D eigenvalue weighted by Crippen LogP contribution is 2.47. The van der Waals surface area contributed by atoms with E-state index in [1.807, 2.05) is 54.6 Å². The first-order chi connectivity index (χ1) is 17.5. The number of carboxylic acids is 1. The molecule has 0 bridgehead atoms. The van der Waals surface area contributed by atoms with Crippen molar-refractivity contribution in [2.45, 2.75) is 25.3 Å². The summed E-state index contributed by atoms with van der Waals surface area (Å²) in [5.74, 6) is -1.37. The zero-order valence-electron chi connectivity index (χ0n) is 19.9. The van der Waals surface area contributed by atoms with Gasteiger partial charge in [-0.2, -0.15) is 0 Å². The van der Waals surface area contributed by atoms with Gasteiger partial charge >= 0.3 is 12.1 Å². The van der Waals surface area contributed by atoms with E-state index < -0.39 is 17.5 Å². The zero-order valence-corrected chi connectivity index (χ0v) is 19.9. The van der Waals surface area contributed by atoms with Crippen LogP contribution in [0.3, 0.4) is 0 Å². The average Bonchev–Trinajstić information content (AvgIpc) is 3.62. The summed E-state index contributed by atoms with van der Waals surface area (Å²) in [6.45, 7) is 0.131. The molecule has 1 fully saturated rings. The molecule has 0 atom stereocenters. The Morgan fingerprint density at radius 3 is 2.06 bits per heavy atom. The number of alkyl carbamates (subject to hydrolysis) is 1. The maximum Gasteiger partial charge on any atom is 0.407 e. The van der Waals surface area contributed by atoms with Gasteiger partial charge in [0.15, 0.2) is 0 Å². The number of rotatable bonds is 9. The predicted octanol–water partition coefficient (Wildman–Crippen LogP) is 4.42. The normalized spacial score (nSPS) is 14.9. The standard InChI is InChI=1S/C29H28N2O5/c32-26(33)17-31(16-20-8-2-1-3-9-20)27(34)29(14-15-29)19-30-28(35)36-18-25-23-12-6-4-10-21(23)22-11-5-7-13-24(22)25/h1-13,25H,14-19H2,(H,30,35)(H,32,33). The molecule has 0 spiro atoms. The lowest BCUT2D eigenvalue weighted by Crippen LogP contribution is -2.44. The van der Waals surface area contributed by atoms with Gasteiger partial charge in [0.05, 0.1) is 5.41 Å². The number of nitrogens with zero attached hydrogens (tertiary/aromatic N) is 1. The highest BCUT2D eigenvalue weighted by molar-refractivity contribution is 5.89. The van der Waals surface area contributed by atoms with E-state index in [9.17, 15) is 19.5 Å². The Labute approximate surface area is 209 Å². The van der Waals surface area contributed by atoms with Crippen LogP contribution in [0.4, 0.5) is 4.79 Å². The van der Waals surface area contributed by atoms with E-state index in [2.05, 4.69) is 29.6 Å². The molecule has 0 unspecified atom stereocenters. The van der Waals surface area contributed by atoms with E-state index >= 15 is 0 Å². The van der Waals surface area contributed by atoms with E-state index in [1.54, 1.807) is 0 Å². The Kier molecular flexibility index (Phi) is 6.46. The quantitative estimate of drug-likeness (QED) is 0.469. The maximum absolute atomic E-state index is 13.3. The van der Waals surface area contributed by atoms with Crippen LogP contribution in [-0.4, -0.2) is 47.7 Å². The molecule has 2 aliphatic carbocycles.